The molecule has 9 heteroatoms. The van der Waals surface area contributed by atoms with Crippen molar-refractivity contribution in [2.45, 2.75) is 52.1 Å². The number of hydrogen-bond donors (Lipinski definition) is 1. The van der Waals surface area contributed by atoms with Crippen LogP contribution < -0.4 is 15.8 Å². The quantitative estimate of drug-likeness (QED) is 0.704. The molecule has 0 unspecified atom stereocenters. The Kier molecular flexibility index (Phi) is 5.16. The lowest BCUT2D eigenvalue weighted by molar-refractivity contribution is -0.123. The van der Waals surface area contributed by atoms with Crippen LogP contribution in [0.25, 0.3) is 21.7 Å². The van der Waals surface area contributed by atoms with Gasteiger partial charge in [0.05, 0.1) is 11.0 Å². The van der Waals surface area contributed by atoms with E-state index in [2.05, 4.69) is 20.3 Å². The zero-order chi connectivity index (χ0) is 20.6. The first kappa shape index (κ1) is 19.6. The number of nitrogens with zero attached hydrogens (tertiary/aromatic N) is 4. The van der Waals surface area contributed by atoms with Crippen LogP contribution in [0.4, 0.5) is 5.13 Å². The van der Waals surface area contributed by atoms with Crippen LogP contribution in [0.5, 0.6) is 0 Å². The predicted octanol–water partition coefficient (Wildman–Crippen LogP) is 3.02. The van der Waals surface area contributed by atoms with Gasteiger partial charge in [-0.2, -0.15) is 5.10 Å². The first-order valence-corrected chi connectivity index (χ1v) is 10.6. The van der Waals surface area contributed by atoms with Gasteiger partial charge in [-0.05, 0) is 52.2 Å². The number of thiazole rings is 1. The Morgan fingerprint density at radius 1 is 1.28 bits per heavy atom. The van der Waals surface area contributed by atoms with Gasteiger partial charge in [0.1, 0.15) is 12.2 Å². The zero-order valence-electron chi connectivity index (χ0n) is 16.9. The van der Waals surface area contributed by atoms with Gasteiger partial charge in [-0.25, -0.2) is 9.67 Å². The van der Waals surface area contributed by atoms with E-state index >= 15 is 0 Å². The van der Waals surface area contributed by atoms with Crippen LogP contribution in [-0.4, -0.2) is 39.3 Å². The van der Waals surface area contributed by atoms with E-state index in [-0.39, 0.29) is 18.0 Å². The van der Waals surface area contributed by atoms with Gasteiger partial charge in [0.25, 0.3) is 5.56 Å². The standard InChI is InChI=1S/C20H25N5O3S/c1-20(2,3)22-14(26)12-25-18(27)16-17(15(23-25)13-8-7-11-28-13)29-19(21-16)24-9-5-4-6-10-24/h7-8,11H,4-6,9-10,12H2,1-3H3,(H,22,26). The lowest BCUT2D eigenvalue weighted by atomic mass is 10.1. The molecule has 1 saturated heterocycles. The van der Waals surface area contributed by atoms with E-state index in [1.54, 1.807) is 18.4 Å². The molecule has 29 heavy (non-hydrogen) atoms. The minimum absolute atomic E-state index is 0.170. The molecule has 4 heterocycles. The Bertz CT molecular complexity index is 1070. The molecule has 3 aromatic heterocycles. The van der Waals surface area contributed by atoms with Crippen LogP contribution >= 0.6 is 11.3 Å². The summed E-state index contributed by atoms with van der Waals surface area (Å²) in [5.74, 6) is 0.275. The van der Waals surface area contributed by atoms with E-state index in [1.165, 1.54) is 22.4 Å². The highest BCUT2D eigenvalue weighted by Gasteiger charge is 2.23. The molecule has 0 saturated carbocycles. The highest BCUT2D eigenvalue weighted by Crippen LogP contribution is 2.34. The molecule has 4 rings (SSSR count). The van der Waals surface area contributed by atoms with E-state index in [9.17, 15) is 9.59 Å². The lowest BCUT2D eigenvalue weighted by Crippen LogP contribution is -2.44. The van der Waals surface area contributed by atoms with Crippen LogP contribution in [0.2, 0.25) is 0 Å². The summed E-state index contributed by atoms with van der Waals surface area (Å²) in [5, 5.41) is 8.16. The van der Waals surface area contributed by atoms with Gasteiger partial charge in [0.15, 0.2) is 16.4 Å². The average Bonchev–Trinajstić information content (AvgIpc) is 3.33. The summed E-state index contributed by atoms with van der Waals surface area (Å²) < 4.78 is 7.42. The fourth-order valence-corrected chi connectivity index (χ4v) is 4.54. The third-order valence-corrected chi connectivity index (χ3v) is 5.80. The van der Waals surface area contributed by atoms with Crippen molar-refractivity contribution in [1.82, 2.24) is 20.1 Å². The average molecular weight is 416 g/mol. The maximum atomic E-state index is 13.1. The number of furan rings is 1. The molecule has 0 aliphatic carbocycles. The smallest absolute Gasteiger partial charge is 0.294 e. The van der Waals surface area contributed by atoms with E-state index in [1.807, 2.05) is 20.8 Å². The first-order chi connectivity index (χ1) is 13.8. The second-order valence-electron chi connectivity index (χ2n) is 8.31. The molecular formula is C20H25N5O3S. The fourth-order valence-electron chi connectivity index (χ4n) is 3.44. The largest absolute Gasteiger partial charge is 0.463 e. The molecule has 0 atom stereocenters. The summed E-state index contributed by atoms with van der Waals surface area (Å²) in [6.45, 7) is 7.38. The number of amides is 1. The Morgan fingerprint density at radius 3 is 2.69 bits per heavy atom. The molecule has 1 N–H and O–H groups in total. The second-order valence-corrected chi connectivity index (χ2v) is 9.29. The lowest BCUT2D eigenvalue weighted by Gasteiger charge is -2.25. The molecule has 3 aromatic rings. The van der Waals surface area contributed by atoms with E-state index in [0.29, 0.717) is 21.7 Å². The number of anilines is 1. The summed E-state index contributed by atoms with van der Waals surface area (Å²) in [6.07, 6.45) is 5.03. The van der Waals surface area contributed by atoms with Crippen LogP contribution in [0.3, 0.4) is 0 Å². The summed E-state index contributed by atoms with van der Waals surface area (Å²) in [5.41, 5.74) is 0.116. The summed E-state index contributed by atoms with van der Waals surface area (Å²) in [7, 11) is 0. The highest BCUT2D eigenvalue weighted by atomic mass is 32.1. The van der Waals surface area contributed by atoms with Crippen molar-refractivity contribution >= 4 is 32.6 Å². The molecular weight excluding hydrogens is 390 g/mol. The molecule has 1 aliphatic rings. The Balaban J connectivity index is 1.79. The molecule has 1 aliphatic heterocycles. The summed E-state index contributed by atoms with van der Waals surface area (Å²) in [4.78, 5) is 32.3. The topological polar surface area (TPSA) is 93.3 Å². The molecule has 0 spiro atoms. The Hall–Kier alpha value is -2.68. The third-order valence-electron chi connectivity index (χ3n) is 4.68. The third kappa shape index (κ3) is 4.19. The summed E-state index contributed by atoms with van der Waals surface area (Å²) in [6, 6.07) is 3.57. The normalized spacial score (nSPS) is 15.1. The maximum absolute atomic E-state index is 13.1. The van der Waals surface area contributed by atoms with Crippen molar-refractivity contribution in [1.29, 1.82) is 0 Å². The number of carbonyl (C=O) groups is 1. The van der Waals surface area contributed by atoms with Crippen LogP contribution in [-0.2, 0) is 11.3 Å². The Morgan fingerprint density at radius 2 is 2.03 bits per heavy atom. The van der Waals surface area contributed by atoms with E-state index in [0.717, 1.165) is 31.1 Å². The van der Waals surface area contributed by atoms with Crippen LogP contribution in [0.15, 0.2) is 27.6 Å². The SMILES string of the molecule is CC(C)(C)NC(=O)Cn1nc(-c2ccco2)c2sc(N3CCCCC3)nc2c1=O. The van der Waals surface area contributed by atoms with Crippen molar-refractivity contribution < 1.29 is 9.21 Å². The molecule has 0 bridgehead atoms. The monoisotopic (exact) mass is 415 g/mol. The number of aromatic nitrogens is 3. The maximum Gasteiger partial charge on any atom is 0.294 e. The summed E-state index contributed by atoms with van der Waals surface area (Å²) >= 11 is 1.46. The van der Waals surface area contributed by atoms with E-state index < -0.39 is 5.54 Å². The number of rotatable bonds is 4. The van der Waals surface area contributed by atoms with Gasteiger partial charge < -0.3 is 14.6 Å². The van der Waals surface area contributed by atoms with Gasteiger partial charge in [-0.15, -0.1) is 0 Å². The molecule has 0 aromatic carbocycles. The van der Waals surface area contributed by atoms with Crippen molar-refractivity contribution in [3.8, 4) is 11.5 Å². The molecule has 8 nitrogen and oxygen atoms in total. The second kappa shape index (κ2) is 7.62. The number of hydrogen-bond acceptors (Lipinski definition) is 7. The molecule has 154 valence electrons. The van der Waals surface area contributed by atoms with Gasteiger partial charge in [0.2, 0.25) is 5.91 Å². The van der Waals surface area contributed by atoms with Gasteiger partial charge >= 0.3 is 0 Å². The molecule has 0 radical (unpaired) electrons. The number of carbonyl (C=O) groups excluding carboxylic acids is 1. The predicted molar refractivity (Wildman–Crippen MR) is 113 cm³/mol. The van der Waals surface area contributed by atoms with Crippen LogP contribution in [0.1, 0.15) is 40.0 Å². The van der Waals surface area contributed by atoms with Crippen molar-refractivity contribution in [3.05, 3.63) is 28.7 Å². The van der Waals surface area contributed by atoms with Gasteiger partial charge in [-0.3, -0.25) is 9.59 Å². The first-order valence-electron chi connectivity index (χ1n) is 9.83. The van der Waals surface area contributed by atoms with E-state index in [4.69, 9.17) is 4.42 Å². The zero-order valence-corrected chi connectivity index (χ0v) is 17.7. The van der Waals surface area contributed by atoms with Gasteiger partial charge in [-0.1, -0.05) is 11.3 Å². The number of piperidine rings is 1. The van der Waals surface area contributed by atoms with Crippen LogP contribution in [0, 0.1) is 0 Å². The van der Waals surface area contributed by atoms with Crippen molar-refractivity contribution in [2.75, 3.05) is 18.0 Å². The minimum Gasteiger partial charge on any atom is -0.463 e. The highest BCUT2D eigenvalue weighted by molar-refractivity contribution is 7.22. The molecule has 1 fully saturated rings. The van der Waals surface area contributed by atoms with Gasteiger partial charge in [0, 0.05) is 18.6 Å². The number of fused-ring (bicyclic) bond motifs is 1. The van der Waals surface area contributed by atoms with Crippen molar-refractivity contribution in [3.63, 3.8) is 0 Å². The van der Waals surface area contributed by atoms with Crippen molar-refractivity contribution in [2.24, 2.45) is 0 Å². The minimum atomic E-state index is -0.392. The number of nitrogens with one attached hydrogen (secondary N) is 1. The fraction of sp³-hybridized carbons (Fsp3) is 0.500. The Labute approximate surface area is 172 Å². The molecule has 1 amide bonds.